The Morgan fingerprint density at radius 2 is 1.88 bits per heavy atom. The van der Waals surface area contributed by atoms with Gasteiger partial charge >= 0.3 is 0 Å². The zero-order chi connectivity index (χ0) is 21.8. The van der Waals surface area contributed by atoms with Crippen LogP contribution in [0.5, 0.6) is 0 Å². The van der Waals surface area contributed by atoms with Crippen LogP contribution in [0.1, 0.15) is 10.6 Å². The molecule has 1 aliphatic rings. The van der Waals surface area contributed by atoms with Crippen molar-refractivity contribution in [2.24, 2.45) is 0 Å². The molecule has 5 aromatic rings. The maximum Gasteiger partial charge on any atom is 0.261 e. The predicted octanol–water partition coefficient (Wildman–Crippen LogP) is 3.37. The van der Waals surface area contributed by atoms with Crippen LogP contribution in [0.2, 0.25) is 0 Å². The van der Waals surface area contributed by atoms with Crippen LogP contribution in [0.25, 0.3) is 33.3 Å². The van der Waals surface area contributed by atoms with Crippen molar-refractivity contribution in [2.45, 2.75) is 26.4 Å². The molecule has 32 heavy (non-hydrogen) atoms. The first-order valence-electron chi connectivity index (χ1n) is 10.3. The molecule has 1 N–H and O–H groups in total. The van der Waals surface area contributed by atoms with Gasteiger partial charge in [-0.2, -0.15) is 0 Å². The first kappa shape index (κ1) is 18.9. The highest BCUT2D eigenvalue weighted by atomic mass is 32.1. The summed E-state index contributed by atoms with van der Waals surface area (Å²) in [7, 11) is 0. The van der Waals surface area contributed by atoms with E-state index >= 15 is 0 Å². The molecule has 0 bridgehead atoms. The second kappa shape index (κ2) is 7.10. The van der Waals surface area contributed by atoms with Crippen LogP contribution in [-0.4, -0.2) is 30.2 Å². The van der Waals surface area contributed by atoms with Gasteiger partial charge in [0, 0.05) is 17.4 Å². The van der Waals surface area contributed by atoms with Crippen molar-refractivity contribution >= 4 is 44.2 Å². The molecule has 6 rings (SSSR count). The molecule has 3 aromatic heterocycles. The molecule has 8 nitrogen and oxygen atoms in total. The molecule has 0 saturated heterocycles. The number of carbonyl (C=O) groups excluding carboxylic acids is 1. The Kier molecular flexibility index (Phi) is 4.19. The minimum atomic E-state index is -0.204. The van der Waals surface area contributed by atoms with E-state index in [9.17, 15) is 9.59 Å². The molecular weight excluding hydrogens is 424 g/mol. The lowest BCUT2D eigenvalue weighted by Gasteiger charge is -2.21. The number of hydrogen-bond donors (Lipinski definition) is 1. The molecule has 1 aliphatic heterocycles. The Balaban J connectivity index is 1.54. The number of carbonyl (C=O) groups is 1. The van der Waals surface area contributed by atoms with Gasteiger partial charge in [-0.3, -0.25) is 19.5 Å². The average molecular weight is 443 g/mol. The fourth-order valence-electron chi connectivity index (χ4n) is 4.48. The summed E-state index contributed by atoms with van der Waals surface area (Å²) >= 11 is 1.33. The van der Waals surface area contributed by atoms with Gasteiger partial charge in [0.05, 0.1) is 16.6 Å². The highest BCUT2D eigenvalue weighted by Gasteiger charge is 2.28. The quantitative estimate of drug-likeness (QED) is 0.462. The largest absolute Gasteiger partial charge is 0.328 e. The SMILES string of the molecule is Cc1nnc(NC(=O)Cn2c3c(c4ccccc42)CCn2c-3nc3ccccc3c2=O)s1. The van der Waals surface area contributed by atoms with E-state index in [1.165, 1.54) is 11.3 Å². The monoisotopic (exact) mass is 442 g/mol. The van der Waals surface area contributed by atoms with Crippen LogP contribution >= 0.6 is 11.3 Å². The van der Waals surface area contributed by atoms with Crippen molar-refractivity contribution in [1.82, 2.24) is 24.3 Å². The van der Waals surface area contributed by atoms with Gasteiger partial charge in [0.2, 0.25) is 11.0 Å². The summed E-state index contributed by atoms with van der Waals surface area (Å²) in [6.45, 7) is 2.48. The average Bonchev–Trinajstić information content (AvgIpc) is 3.35. The normalized spacial score (nSPS) is 12.7. The number of nitrogens with zero attached hydrogens (tertiary/aromatic N) is 5. The minimum Gasteiger partial charge on any atom is -0.328 e. The number of hydrogen-bond acceptors (Lipinski definition) is 6. The fourth-order valence-corrected chi connectivity index (χ4v) is 5.09. The summed E-state index contributed by atoms with van der Waals surface area (Å²) in [5.74, 6) is 0.399. The summed E-state index contributed by atoms with van der Waals surface area (Å²) in [6.07, 6.45) is 0.701. The van der Waals surface area contributed by atoms with Crippen LogP contribution in [-0.2, 0) is 24.3 Å². The lowest BCUT2D eigenvalue weighted by molar-refractivity contribution is -0.116. The van der Waals surface area contributed by atoms with Crippen LogP contribution in [0, 0.1) is 6.92 Å². The molecule has 4 heterocycles. The summed E-state index contributed by atoms with van der Waals surface area (Å²) in [6, 6.07) is 15.4. The lowest BCUT2D eigenvalue weighted by atomic mass is 10.0. The topological polar surface area (TPSA) is 94.7 Å². The Hall–Kier alpha value is -3.85. The Morgan fingerprint density at radius 1 is 1.09 bits per heavy atom. The van der Waals surface area contributed by atoms with E-state index in [4.69, 9.17) is 4.98 Å². The standard InChI is InChI=1S/C23H18N6O2S/c1-13-26-27-23(32-13)25-19(30)12-29-18-9-5-3-6-14(18)15-10-11-28-21(20(15)29)24-17-8-4-2-7-16(17)22(28)31/h2-9H,10-12H2,1H3,(H,25,27,30). The van der Waals surface area contributed by atoms with E-state index in [1.807, 2.05) is 47.9 Å². The number of nitrogens with one attached hydrogen (secondary N) is 1. The predicted molar refractivity (Wildman–Crippen MR) is 124 cm³/mol. The summed E-state index contributed by atoms with van der Waals surface area (Å²) in [4.78, 5) is 31.0. The van der Waals surface area contributed by atoms with Gasteiger partial charge in [-0.1, -0.05) is 41.7 Å². The van der Waals surface area contributed by atoms with Gasteiger partial charge in [0.25, 0.3) is 5.56 Å². The molecule has 0 fully saturated rings. The van der Waals surface area contributed by atoms with Gasteiger partial charge in [0.15, 0.2) is 5.82 Å². The molecule has 0 atom stereocenters. The molecule has 158 valence electrons. The number of aromatic nitrogens is 5. The highest BCUT2D eigenvalue weighted by Crippen LogP contribution is 2.36. The van der Waals surface area contributed by atoms with Crippen molar-refractivity contribution in [3.05, 3.63) is 69.5 Å². The number of benzene rings is 2. The molecule has 1 amide bonds. The third kappa shape index (κ3) is 2.85. The van der Waals surface area contributed by atoms with E-state index in [1.54, 1.807) is 10.6 Å². The van der Waals surface area contributed by atoms with Gasteiger partial charge in [-0.15, -0.1) is 10.2 Å². The van der Waals surface area contributed by atoms with E-state index in [0.29, 0.717) is 34.8 Å². The molecule has 0 spiro atoms. The molecule has 0 unspecified atom stereocenters. The van der Waals surface area contributed by atoms with Crippen LogP contribution in [0.4, 0.5) is 5.13 Å². The molecule has 2 aromatic carbocycles. The minimum absolute atomic E-state index is 0.0538. The second-order valence-corrected chi connectivity index (χ2v) is 8.95. The van der Waals surface area contributed by atoms with Crippen molar-refractivity contribution in [2.75, 3.05) is 5.32 Å². The number of para-hydroxylation sites is 2. The number of anilines is 1. The smallest absolute Gasteiger partial charge is 0.261 e. The van der Waals surface area contributed by atoms with Gasteiger partial charge in [0.1, 0.15) is 11.6 Å². The van der Waals surface area contributed by atoms with E-state index < -0.39 is 0 Å². The van der Waals surface area contributed by atoms with Crippen molar-refractivity contribution in [3.8, 4) is 11.5 Å². The maximum absolute atomic E-state index is 13.2. The number of aryl methyl sites for hydroxylation is 2. The number of fused-ring (bicyclic) bond motifs is 6. The maximum atomic E-state index is 13.2. The molecular formula is C23H18N6O2S. The third-order valence-corrected chi connectivity index (χ3v) is 6.56. The van der Waals surface area contributed by atoms with Gasteiger partial charge in [-0.05, 0) is 37.1 Å². The second-order valence-electron chi connectivity index (χ2n) is 7.76. The first-order valence-corrected chi connectivity index (χ1v) is 11.1. The van der Waals surface area contributed by atoms with Crippen LogP contribution < -0.4 is 10.9 Å². The Labute approximate surface area is 186 Å². The van der Waals surface area contributed by atoms with E-state index in [2.05, 4.69) is 21.6 Å². The van der Waals surface area contributed by atoms with Crippen molar-refractivity contribution < 1.29 is 4.79 Å². The van der Waals surface area contributed by atoms with Crippen LogP contribution in [0.3, 0.4) is 0 Å². The van der Waals surface area contributed by atoms with Gasteiger partial charge < -0.3 is 4.57 Å². The van der Waals surface area contributed by atoms with E-state index in [-0.39, 0.29) is 18.0 Å². The fraction of sp³-hybridized carbons (Fsp3) is 0.174. The zero-order valence-electron chi connectivity index (χ0n) is 17.2. The lowest BCUT2D eigenvalue weighted by Crippen LogP contribution is -2.29. The zero-order valence-corrected chi connectivity index (χ0v) is 18.0. The van der Waals surface area contributed by atoms with Gasteiger partial charge in [-0.25, -0.2) is 4.98 Å². The number of rotatable bonds is 3. The molecule has 0 aliphatic carbocycles. The highest BCUT2D eigenvalue weighted by molar-refractivity contribution is 7.15. The summed E-state index contributed by atoms with van der Waals surface area (Å²) < 4.78 is 3.69. The third-order valence-electron chi connectivity index (χ3n) is 5.81. The summed E-state index contributed by atoms with van der Waals surface area (Å²) in [5.41, 5.74) is 3.48. The summed E-state index contributed by atoms with van der Waals surface area (Å²) in [5, 5.41) is 13.7. The Bertz CT molecular complexity index is 1600. The Morgan fingerprint density at radius 3 is 2.69 bits per heavy atom. The van der Waals surface area contributed by atoms with Crippen molar-refractivity contribution in [3.63, 3.8) is 0 Å². The molecule has 9 heteroatoms. The molecule has 0 radical (unpaired) electrons. The number of amides is 1. The van der Waals surface area contributed by atoms with Crippen molar-refractivity contribution in [1.29, 1.82) is 0 Å². The molecule has 0 saturated carbocycles. The van der Waals surface area contributed by atoms with Crippen LogP contribution in [0.15, 0.2) is 53.3 Å². The first-order chi connectivity index (χ1) is 15.6. The van der Waals surface area contributed by atoms with E-state index in [0.717, 1.165) is 27.2 Å².